The molecule has 2 aromatic rings. The highest BCUT2D eigenvalue weighted by Crippen LogP contribution is 2.45. The van der Waals surface area contributed by atoms with Crippen LogP contribution in [0.15, 0.2) is 36.5 Å². The van der Waals surface area contributed by atoms with Gasteiger partial charge in [-0.3, -0.25) is 4.79 Å². The Kier molecular flexibility index (Phi) is 5.54. The van der Waals surface area contributed by atoms with Gasteiger partial charge in [0.2, 0.25) is 0 Å². The first kappa shape index (κ1) is 20.2. The molecule has 4 rings (SSSR count). The van der Waals surface area contributed by atoms with Gasteiger partial charge < -0.3 is 5.32 Å². The van der Waals surface area contributed by atoms with E-state index in [1.807, 2.05) is 16.9 Å². The van der Waals surface area contributed by atoms with Crippen molar-refractivity contribution in [3.05, 3.63) is 47.7 Å². The lowest BCUT2D eigenvalue weighted by atomic mass is 9.68. The smallest absolute Gasteiger partial charge is 0.168 e. The van der Waals surface area contributed by atoms with E-state index in [1.54, 1.807) is 0 Å². The zero-order valence-corrected chi connectivity index (χ0v) is 18.2. The summed E-state index contributed by atoms with van der Waals surface area (Å²) in [5.74, 6) is 1.17. The second kappa shape index (κ2) is 7.97. The van der Waals surface area contributed by atoms with Crippen molar-refractivity contribution < 1.29 is 4.79 Å². The molecule has 1 aromatic heterocycles. The van der Waals surface area contributed by atoms with Crippen LogP contribution in [0, 0.1) is 5.41 Å². The number of nitrogens with zero attached hydrogens (tertiary/aromatic N) is 2. The van der Waals surface area contributed by atoms with Crippen LogP contribution in [0.25, 0.3) is 0 Å². The third-order valence-electron chi connectivity index (χ3n) is 7.09. The quantitative estimate of drug-likeness (QED) is 0.570. The predicted molar refractivity (Wildman–Crippen MR) is 118 cm³/mol. The van der Waals surface area contributed by atoms with Gasteiger partial charge in [0.1, 0.15) is 5.82 Å². The Morgan fingerprint density at radius 1 is 1.17 bits per heavy atom. The SMILES string of the molecule is CCCC1(CC(=O)c2cnn3c2NC(c2ccccc2)CC3(C)C)CCCCC1. The third-order valence-corrected chi connectivity index (χ3v) is 7.09. The minimum atomic E-state index is -0.133. The summed E-state index contributed by atoms with van der Waals surface area (Å²) in [5, 5.41) is 8.31. The van der Waals surface area contributed by atoms with Gasteiger partial charge in [0, 0.05) is 6.42 Å². The van der Waals surface area contributed by atoms with E-state index < -0.39 is 0 Å². The fourth-order valence-corrected chi connectivity index (χ4v) is 5.62. The van der Waals surface area contributed by atoms with E-state index in [9.17, 15) is 4.79 Å². The van der Waals surface area contributed by atoms with Crippen molar-refractivity contribution in [1.82, 2.24) is 9.78 Å². The number of hydrogen-bond donors (Lipinski definition) is 1. The number of hydrogen-bond acceptors (Lipinski definition) is 3. The van der Waals surface area contributed by atoms with Crippen LogP contribution in [0.2, 0.25) is 0 Å². The van der Waals surface area contributed by atoms with E-state index in [2.05, 4.69) is 55.5 Å². The van der Waals surface area contributed by atoms with Crippen molar-refractivity contribution in [2.75, 3.05) is 5.32 Å². The van der Waals surface area contributed by atoms with Gasteiger partial charge in [-0.25, -0.2) is 4.68 Å². The molecule has 4 nitrogen and oxygen atoms in total. The topological polar surface area (TPSA) is 46.9 Å². The number of rotatable bonds is 6. The molecule has 1 fully saturated rings. The molecule has 1 unspecified atom stereocenters. The number of carbonyl (C=O) groups excluding carboxylic acids is 1. The average molecular weight is 394 g/mol. The minimum Gasteiger partial charge on any atom is -0.363 e. The second-order valence-electron chi connectivity index (χ2n) is 9.85. The highest BCUT2D eigenvalue weighted by Gasteiger charge is 2.39. The van der Waals surface area contributed by atoms with Gasteiger partial charge in [-0.05, 0) is 50.5 Å². The standard InChI is InChI=1S/C25H35N3O/c1-4-13-25(14-9-6-10-15-25)17-22(29)20-18-26-28-23(20)27-21(16-24(28,2)3)19-11-7-5-8-12-19/h5,7-8,11-12,18,21,27H,4,6,9-10,13-17H2,1-3H3. The van der Waals surface area contributed by atoms with Crippen LogP contribution in [-0.2, 0) is 5.54 Å². The van der Waals surface area contributed by atoms with Crippen molar-refractivity contribution >= 4 is 11.6 Å². The summed E-state index contributed by atoms with van der Waals surface area (Å²) < 4.78 is 2.03. The zero-order valence-electron chi connectivity index (χ0n) is 18.2. The Labute approximate surface area is 175 Å². The minimum absolute atomic E-state index is 0.133. The van der Waals surface area contributed by atoms with E-state index in [1.165, 1.54) is 37.7 Å². The Morgan fingerprint density at radius 2 is 1.90 bits per heavy atom. The first-order valence-corrected chi connectivity index (χ1v) is 11.4. The first-order chi connectivity index (χ1) is 13.9. The van der Waals surface area contributed by atoms with Crippen LogP contribution >= 0.6 is 0 Å². The number of anilines is 1. The summed E-state index contributed by atoms with van der Waals surface area (Å²) in [6.07, 6.45) is 12.0. The van der Waals surface area contributed by atoms with Crippen LogP contribution in [0.1, 0.15) is 101 Å². The number of aromatic nitrogens is 2. The van der Waals surface area contributed by atoms with Crippen LogP contribution in [-0.4, -0.2) is 15.6 Å². The molecule has 1 aliphatic carbocycles. The molecule has 1 aliphatic heterocycles. The van der Waals surface area contributed by atoms with Crippen molar-refractivity contribution in [2.24, 2.45) is 5.41 Å². The van der Waals surface area contributed by atoms with E-state index >= 15 is 0 Å². The molecule has 0 amide bonds. The fourth-order valence-electron chi connectivity index (χ4n) is 5.62. The number of nitrogens with one attached hydrogen (secondary N) is 1. The highest BCUT2D eigenvalue weighted by molar-refractivity contribution is 6.01. The fraction of sp³-hybridized carbons (Fsp3) is 0.600. The molecule has 0 radical (unpaired) electrons. The van der Waals surface area contributed by atoms with Gasteiger partial charge in [0.15, 0.2) is 5.78 Å². The number of Topliss-reactive ketones (excluding diaryl/α,β-unsaturated/α-hetero) is 1. The highest BCUT2D eigenvalue weighted by atomic mass is 16.1. The molecule has 29 heavy (non-hydrogen) atoms. The van der Waals surface area contributed by atoms with Gasteiger partial charge in [-0.15, -0.1) is 0 Å². The number of ketones is 1. The van der Waals surface area contributed by atoms with Gasteiger partial charge in [0.25, 0.3) is 0 Å². The molecular formula is C25H35N3O. The maximum Gasteiger partial charge on any atom is 0.168 e. The maximum absolute atomic E-state index is 13.5. The van der Waals surface area contributed by atoms with Crippen molar-refractivity contribution in [3.8, 4) is 0 Å². The predicted octanol–water partition coefficient (Wildman–Crippen LogP) is 6.50. The third kappa shape index (κ3) is 3.99. The normalized spacial score (nSPS) is 22.5. The van der Waals surface area contributed by atoms with Crippen molar-refractivity contribution in [2.45, 2.75) is 90.1 Å². The van der Waals surface area contributed by atoms with Crippen molar-refractivity contribution in [1.29, 1.82) is 0 Å². The van der Waals surface area contributed by atoms with Crippen LogP contribution in [0.3, 0.4) is 0 Å². The summed E-state index contributed by atoms with van der Waals surface area (Å²) in [4.78, 5) is 13.5. The van der Waals surface area contributed by atoms with Crippen LogP contribution in [0.5, 0.6) is 0 Å². The summed E-state index contributed by atoms with van der Waals surface area (Å²) in [6, 6.07) is 10.7. The maximum atomic E-state index is 13.5. The number of fused-ring (bicyclic) bond motifs is 1. The first-order valence-electron chi connectivity index (χ1n) is 11.4. The molecule has 1 N–H and O–H groups in total. The van der Waals surface area contributed by atoms with Crippen molar-refractivity contribution in [3.63, 3.8) is 0 Å². The lowest BCUT2D eigenvalue weighted by Gasteiger charge is -2.39. The zero-order chi connectivity index (χ0) is 20.5. The number of benzene rings is 1. The summed E-state index contributed by atoms with van der Waals surface area (Å²) in [6.45, 7) is 6.68. The largest absolute Gasteiger partial charge is 0.363 e. The molecule has 1 atom stereocenters. The second-order valence-corrected chi connectivity index (χ2v) is 9.85. The Bertz CT molecular complexity index is 841. The number of carbonyl (C=O) groups is 1. The molecule has 4 heteroatoms. The molecule has 156 valence electrons. The van der Waals surface area contributed by atoms with Gasteiger partial charge >= 0.3 is 0 Å². The summed E-state index contributed by atoms with van der Waals surface area (Å²) in [7, 11) is 0. The Hall–Kier alpha value is -2.10. The monoisotopic (exact) mass is 393 g/mol. The van der Waals surface area contributed by atoms with Crippen LogP contribution < -0.4 is 5.32 Å². The van der Waals surface area contributed by atoms with Gasteiger partial charge in [0.05, 0.1) is 23.3 Å². The molecule has 2 aliphatic rings. The Morgan fingerprint density at radius 3 is 2.59 bits per heavy atom. The lowest BCUT2D eigenvalue weighted by molar-refractivity contribution is 0.0836. The van der Waals surface area contributed by atoms with E-state index in [-0.39, 0.29) is 22.8 Å². The summed E-state index contributed by atoms with van der Waals surface area (Å²) >= 11 is 0. The average Bonchev–Trinajstić information content (AvgIpc) is 3.14. The Balaban J connectivity index is 1.62. The van der Waals surface area contributed by atoms with Gasteiger partial charge in [-0.1, -0.05) is 62.9 Å². The van der Waals surface area contributed by atoms with Gasteiger partial charge in [-0.2, -0.15) is 5.10 Å². The molecule has 0 saturated heterocycles. The molecule has 1 saturated carbocycles. The summed E-state index contributed by atoms with van der Waals surface area (Å²) in [5.41, 5.74) is 2.11. The molecule has 1 aromatic carbocycles. The van der Waals surface area contributed by atoms with E-state index in [0.717, 1.165) is 30.6 Å². The molecular weight excluding hydrogens is 358 g/mol. The van der Waals surface area contributed by atoms with E-state index in [0.29, 0.717) is 6.42 Å². The molecule has 0 bridgehead atoms. The molecule has 0 spiro atoms. The van der Waals surface area contributed by atoms with E-state index in [4.69, 9.17) is 0 Å². The lowest BCUT2D eigenvalue weighted by Crippen LogP contribution is -2.38. The molecule has 2 heterocycles. The van der Waals surface area contributed by atoms with Crippen LogP contribution in [0.4, 0.5) is 5.82 Å².